The van der Waals surface area contributed by atoms with Crippen LogP contribution >= 0.6 is 0 Å². The molecule has 0 aliphatic rings. The van der Waals surface area contributed by atoms with E-state index in [0.29, 0.717) is 12.1 Å². The minimum absolute atomic E-state index is 0.0239. The third kappa shape index (κ3) is 6.17. The molecule has 156 valence electrons. The van der Waals surface area contributed by atoms with Crippen LogP contribution in [0.3, 0.4) is 0 Å². The zero-order valence-corrected chi connectivity index (χ0v) is 17.3. The van der Waals surface area contributed by atoms with Crippen molar-refractivity contribution in [1.29, 1.82) is 0 Å². The SMILES string of the molecule is NS(=O)(=O)c1cccc(CNC(=O)NCCC(c2ccccc2)c2ccccc2)c1. The first-order valence-corrected chi connectivity index (χ1v) is 11.2. The fourth-order valence-corrected chi connectivity index (χ4v) is 3.89. The largest absolute Gasteiger partial charge is 0.338 e. The summed E-state index contributed by atoms with van der Waals surface area (Å²) in [5.74, 6) is 0.180. The number of nitrogens with one attached hydrogen (secondary N) is 2. The topological polar surface area (TPSA) is 101 Å². The molecular formula is C23H25N3O3S. The third-order valence-electron chi connectivity index (χ3n) is 4.80. The van der Waals surface area contributed by atoms with Gasteiger partial charge >= 0.3 is 6.03 Å². The molecule has 0 saturated carbocycles. The van der Waals surface area contributed by atoms with Crippen molar-refractivity contribution in [1.82, 2.24) is 10.6 Å². The van der Waals surface area contributed by atoms with E-state index in [9.17, 15) is 13.2 Å². The summed E-state index contributed by atoms with van der Waals surface area (Å²) in [4.78, 5) is 12.2. The van der Waals surface area contributed by atoms with Crippen LogP contribution in [0.15, 0.2) is 89.8 Å². The van der Waals surface area contributed by atoms with Crippen LogP contribution in [0.5, 0.6) is 0 Å². The van der Waals surface area contributed by atoms with E-state index in [0.717, 1.165) is 6.42 Å². The Morgan fingerprint density at radius 2 is 1.43 bits per heavy atom. The fraction of sp³-hybridized carbons (Fsp3) is 0.174. The average molecular weight is 424 g/mol. The van der Waals surface area contributed by atoms with Crippen molar-refractivity contribution in [2.75, 3.05) is 6.54 Å². The maximum atomic E-state index is 12.2. The van der Waals surface area contributed by atoms with Crippen LogP contribution in [0.25, 0.3) is 0 Å². The normalized spacial score (nSPS) is 11.3. The van der Waals surface area contributed by atoms with Crippen LogP contribution in [0.1, 0.15) is 29.0 Å². The molecule has 0 heterocycles. The second-order valence-corrected chi connectivity index (χ2v) is 8.53. The lowest BCUT2D eigenvalue weighted by atomic mass is 9.88. The average Bonchev–Trinajstić information content (AvgIpc) is 2.76. The molecule has 0 saturated heterocycles. The van der Waals surface area contributed by atoms with Crippen LogP contribution in [0, 0.1) is 0 Å². The molecule has 0 aliphatic carbocycles. The number of carbonyl (C=O) groups is 1. The Morgan fingerprint density at radius 1 is 0.833 bits per heavy atom. The highest BCUT2D eigenvalue weighted by Crippen LogP contribution is 2.27. The molecule has 30 heavy (non-hydrogen) atoms. The highest BCUT2D eigenvalue weighted by Gasteiger charge is 2.14. The van der Waals surface area contributed by atoms with Gasteiger partial charge in [0.1, 0.15) is 0 Å². The molecule has 0 aliphatic heterocycles. The number of hydrogen-bond donors (Lipinski definition) is 3. The molecule has 2 amide bonds. The zero-order valence-electron chi connectivity index (χ0n) is 16.5. The first kappa shape index (κ1) is 21.5. The number of sulfonamides is 1. The second-order valence-electron chi connectivity index (χ2n) is 6.96. The van der Waals surface area contributed by atoms with Gasteiger partial charge in [0.15, 0.2) is 0 Å². The lowest BCUT2D eigenvalue weighted by Crippen LogP contribution is -2.36. The van der Waals surface area contributed by atoms with E-state index in [-0.39, 0.29) is 23.4 Å². The van der Waals surface area contributed by atoms with Crippen molar-refractivity contribution in [3.63, 3.8) is 0 Å². The summed E-state index contributed by atoms with van der Waals surface area (Å²) >= 11 is 0. The summed E-state index contributed by atoms with van der Waals surface area (Å²) in [6.45, 7) is 0.702. The highest BCUT2D eigenvalue weighted by atomic mass is 32.2. The monoisotopic (exact) mass is 423 g/mol. The molecular weight excluding hydrogens is 398 g/mol. The second kappa shape index (κ2) is 10.0. The third-order valence-corrected chi connectivity index (χ3v) is 5.71. The highest BCUT2D eigenvalue weighted by molar-refractivity contribution is 7.89. The van der Waals surface area contributed by atoms with Gasteiger partial charge in [-0.25, -0.2) is 18.4 Å². The van der Waals surface area contributed by atoms with Gasteiger partial charge in [0, 0.05) is 19.0 Å². The fourth-order valence-electron chi connectivity index (χ4n) is 3.30. The number of amides is 2. The van der Waals surface area contributed by atoms with E-state index >= 15 is 0 Å². The molecule has 0 fully saturated rings. The van der Waals surface area contributed by atoms with Crippen molar-refractivity contribution < 1.29 is 13.2 Å². The lowest BCUT2D eigenvalue weighted by Gasteiger charge is -2.18. The van der Waals surface area contributed by atoms with Crippen molar-refractivity contribution in [3.05, 3.63) is 102 Å². The number of benzene rings is 3. The first-order chi connectivity index (χ1) is 14.4. The first-order valence-electron chi connectivity index (χ1n) is 9.67. The summed E-state index contributed by atoms with van der Waals surface area (Å²) in [6, 6.07) is 26.3. The van der Waals surface area contributed by atoms with Crippen molar-refractivity contribution in [2.45, 2.75) is 23.8 Å². The summed E-state index contributed by atoms with van der Waals surface area (Å²) in [6.07, 6.45) is 0.752. The molecule has 3 aromatic carbocycles. The van der Waals surface area contributed by atoms with Crippen LogP contribution in [-0.4, -0.2) is 21.0 Å². The van der Waals surface area contributed by atoms with E-state index in [1.165, 1.54) is 23.3 Å². The number of primary sulfonamides is 1. The quantitative estimate of drug-likeness (QED) is 0.518. The van der Waals surface area contributed by atoms with Gasteiger partial charge in [-0.15, -0.1) is 0 Å². The van der Waals surface area contributed by atoms with Crippen LogP contribution in [-0.2, 0) is 16.6 Å². The van der Waals surface area contributed by atoms with Gasteiger partial charge in [0.05, 0.1) is 4.90 Å². The maximum absolute atomic E-state index is 12.2. The molecule has 6 nitrogen and oxygen atoms in total. The molecule has 0 spiro atoms. The summed E-state index contributed by atoms with van der Waals surface area (Å²) < 4.78 is 22.9. The smallest absolute Gasteiger partial charge is 0.315 e. The number of urea groups is 1. The maximum Gasteiger partial charge on any atom is 0.315 e. The molecule has 0 radical (unpaired) electrons. The van der Waals surface area contributed by atoms with E-state index in [1.807, 2.05) is 36.4 Å². The van der Waals surface area contributed by atoms with Gasteiger partial charge in [-0.3, -0.25) is 0 Å². The number of rotatable bonds is 8. The predicted octanol–water partition coefficient (Wildman–Crippen LogP) is 3.36. The van der Waals surface area contributed by atoms with Gasteiger partial charge in [-0.1, -0.05) is 72.8 Å². The molecule has 0 unspecified atom stereocenters. The predicted molar refractivity (Wildman–Crippen MR) is 117 cm³/mol. The Kier molecular flexibility index (Phi) is 7.21. The summed E-state index contributed by atoms with van der Waals surface area (Å²) in [7, 11) is -3.77. The molecule has 3 rings (SSSR count). The number of hydrogen-bond acceptors (Lipinski definition) is 3. The van der Waals surface area contributed by atoms with E-state index in [2.05, 4.69) is 34.9 Å². The Balaban J connectivity index is 1.55. The molecule has 7 heteroatoms. The molecule has 0 aromatic heterocycles. The molecule has 0 atom stereocenters. The van der Waals surface area contributed by atoms with Crippen molar-refractivity contribution in [2.24, 2.45) is 5.14 Å². The zero-order chi connectivity index (χ0) is 21.4. The number of nitrogens with two attached hydrogens (primary N) is 1. The Labute approximate surface area is 177 Å². The van der Waals surface area contributed by atoms with Gasteiger partial charge in [0.25, 0.3) is 0 Å². The van der Waals surface area contributed by atoms with Gasteiger partial charge in [-0.05, 0) is 35.2 Å². The van der Waals surface area contributed by atoms with Crippen molar-refractivity contribution >= 4 is 16.1 Å². The standard InChI is InChI=1S/C23H25N3O3S/c24-30(28,29)21-13-7-8-18(16-21)17-26-23(27)25-15-14-22(19-9-3-1-4-10-19)20-11-5-2-6-12-20/h1-13,16,22H,14-15,17H2,(H2,24,28,29)(H2,25,26,27). The Morgan fingerprint density at radius 3 is 2.00 bits per heavy atom. The molecule has 3 aromatic rings. The molecule has 4 N–H and O–H groups in total. The summed E-state index contributed by atoms with van der Waals surface area (Å²) in [5, 5.41) is 10.8. The van der Waals surface area contributed by atoms with Gasteiger partial charge in [-0.2, -0.15) is 0 Å². The minimum atomic E-state index is -3.77. The van der Waals surface area contributed by atoms with E-state index in [4.69, 9.17) is 5.14 Å². The van der Waals surface area contributed by atoms with Crippen LogP contribution < -0.4 is 15.8 Å². The summed E-state index contributed by atoms with van der Waals surface area (Å²) in [5.41, 5.74) is 3.06. The van der Waals surface area contributed by atoms with E-state index < -0.39 is 10.0 Å². The minimum Gasteiger partial charge on any atom is -0.338 e. The molecule has 0 bridgehead atoms. The Bertz CT molecular complexity index is 1030. The van der Waals surface area contributed by atoms with Gasteiger partial charge in [0.2, 0.25) is 10.0 Å². The Hall–Kier alpha value is -3.16. The van der Waals surface area contributed by atoms with Crippen LogP contribution in [0.4, 0.5) is 4.79 Å². The number of carbonyl (C=O) groups excluding carboxylic acids is 1. The van der Waals surface area contributed by atoms with E-state index in [1.54, 1.807) is 12.1 Å². The lowest BCUT2D eigenvalue weighted by molar-refractivity contribution is 0.240. The van der Waals surface area contributed by atoms with Gasteiger partial charge < -0.3 is 10.6 Å². The van der Waals surface area contributed by atoms with Crippen LogP contribution in [0.2, 0.25) is 0 Å². The van der Waals surface area contributed by atoms with Crippen molar-refractivity contribution in [3.8, 4) is 0 Å².